The number of allylic oxidation sites excluding steroid dienone is 2. The number of nitrogens with two attached hydrogens (primary N) is 1. The molecule has 0 spiro atoms. The molecule has 2 aromatic heterocycles. The number of nitrogen functional groups attached to an aromatic ring is 1. The molecule has 7 heteroatoms. The van der Waals surface area contributed by atoms with Gasteiger partial charge in [0.15, 0.2) is 0 Å². The molecule has 0 atom stereocenters. The van der Waals surface area contributed by atoms with Crippen molar-refractivity contribution >= 4 is 22.6 Å². The second-order valence-electron chi connectivity index (χ2n) is 6.58. The van der Waals surface area contributed by atoms with Crippen molar-refractivity contribution in [1.29, 1.82) is 0 Å². The Morgan fingerprint density at radius 2 is 1.93 bits per heavy atom. The summed E-state index contributed by atoms with van der Waals surface area (Å²) in [7, 11) is 1.62. The first-order valence-corrected chi connectivity index (χ1v) is 9.41. The fraction of sp³-hybridized carbons (Fsp3) is 0.250. The van der Waals surface area contributed by atoms with E-state index in [1.165, 1.54) is 22.5 Å². The Labute approximate surface area is 160 Å². The molecule has 0 saturated carbocycles. The Morgan fingerprint density at radius 1 is 1.15 bits per heavy atom. The van der Waals surface area contributed by atoms with Gasteiger partial charge in [-0.1, -0.05) is 22.9 Å². The van der Waals surface area contributed by atoms with Gasteiger partial charge in [0.05, 0.1) is 18.4 Å². The maximum atomic E-state index is 6.47. The van der Waals surface area contributed by atoms with Crippen LogP contribution in [-0.4, -0.2) is 17.3 Å². The lowest BCUT2D eigenvalue weighted by Crippen LogP contribution is -2.23. The van der Waals surface area contributed by atoms with Gasteiger partial charge in [-0.25, -0.2) is 4.99 Å². The fourth-order valence-corrected chi connectivity index (χ4v) is 4.34. The van der Waals surface area contributed by atoms with Crippen molar-refractivity contribution in [3.05, 3.63) is 45.4 Å². The maximum Gasteiger partial charge on any atom is 0.270 e. The van der Waals surface area contributed by atoms with Gasteiger partial charge in [-0.2, -0.15) is 4.98 Å². The molecule has 4 rings (SSSR count). The molecule has 1 aliphatic heterocycles. The predicted molar refractivity (Wildman–Crippen MR) is 107 cm³/mol. The zero-order valence-corrected chi connectivity index (χ0v) is 16.5. The van der Waals surface area contributed by atoms with E-state index in [1.54, 1.807) is 7.11 Å². The SMILES string of the molecule is COc1ccccc1-c1noc(-c2sc3c(c2N)=C(C)CC(C)=C(C)N=3)n1. The van der Waals surface area contributed by atoms with E-state index in [1.807, 2.05) is 31.2 Å². The summed E-state index contributed by atoms with van der Waals surface area (Å²) in [6.45, 7) is 6.23. The Bertz CT molecular complexity index is 1190. The van der Waals surface area contributed by atoms with E-state index in [4.69, 9.17) is 20.0 Å². The van der Waals surface area contributed by atoms with Crippen molar-refractivity contribution in [3.8, 4) is 27.9 Å². The topological polar surface area (TPSA) is 86.5 Å². The predicted octanol–water partition coefficient (Wildman–Crippen LogP) is 3.54. The number of ether oxygens (including phenoxy) is 1. The Morgan fingerprint density at radius 3 is 2.70 bits per heavy atom. The Hall–Kier alpha value is -2.93. The van der Waals surface area contributed by atoms with Crippen molar-refractivity contribution in [2.75, 3.05) is 12.8 Å². The van der Waals surface area contributed by atoms with Crippen LogP contribution in [-0.2, 0) is 0 Å². The molecule has 2 N–H and O–H groups in total. The van der Waals surface area contributed by atoms with Crippen LogP contribution in [0.5, 0.6) is 5.75 Å². The summed E-state index contributed by atoms with van der Waals surface area (Å²) in [5, 5.41) is 5.11. The van der Waals surface area contributed by atoms with Crippen LogP contribution < -0.4 is 20.4 Å². The van der Waals surface area contributed by atoms with E-state index in [0.717, 1.165) is 32.4 Å². The van der Waals surface area contributed by atoms with Crippen LogP contribution in [0.1, 0.15) is 27.2 Å². The van der Waals surface area contributed by atoms with Crippen LogP contribution in [0.4, 0.5) is 5.69 Å². The molecule has 27 heavy (non-hydrogen) atoms. The molecule has 0 saturated heterocycles. The summed E-state index contributed by atoms with van der Waals surface area (Å²) in [6.07, 6.45) is 0.860. The van der Waals surface area contributed by atoms with Crippen LogP contribution >= 0.6 is 11.3 Å². The van der Waals surface area contributed by atoms with Gasteiger partial charge in [0, 0.05) is 10.9 Å². The van der Waals surface area contributed by atoms with Crippen molar-refractivity contribution in [2.45, 2.75) is 27.2 Å². The smallest absolute Gasteiger partial charge is 0.270 e. The second kappa shape index (κ2) is 6.66. The minimum Gasteiger partial charge on any atom is -0.496 e. The van der Waals surface area contributed by atoms with E-state index in [2.05, 4.69) is 24.0 Å². The normalized spacial score (nSPS) is 14.0. The summed E-state index contributed by atoms with van der Waals surface area (Å²) in [5.74, 6) is 1.55. The lowest BCUT2D eigenvalue weighted by molar-refractivity contribution is 0.413. The van der Waals surface area contributed by atoms with Gasteiger partial charge in [0.25, 0.3) is 5.89 Å². The monoisotopic (exact) mass is 380 g/mol. The van der Waals surface area contributed by atoms with Gasteiger partial charge < -0.3 is 15.0 Å². The van der Waals surface area contributed by atoms with Crippen LogP contribution in [0.3, 0.4) is 0 Å². The number of nitrogens with zero attached hydrogens (tertiary/aromatic N) is 3. The van der Waals surface area contributed by atoms with Crippen LogP contribution in [0, 0.1) is 0 Å². The van der Waals surface area contributed by atoms with Crippen molar-refractivity contribution < 1.29 is 9.26 Å². The van der Waals surface area contributed by atoms with Gasteiger partial charge in [-0.3, -0.25) is 0 Å². The average molecular weight is 380 g/mol. The van der Waals surface area contributed by atoms with Crippen molar-refractivity contribution in [2.24, 2.45) is 4.99 Å². The minimum absolute atomic E-state index is 0.396. The van der Waals surface area contributed by atoms with Crippen LogP contribution in [0.15, 0.2) is 45.1 Å². The molecule has 138 valence electrons. The third-order valence-electron chi connectivity index (χ3n) is 4.74. The molecular formula is C20H20N4O2S. The highest BCUT2D eigenvalue weighted by Crippen LogP contribution is 2.32. The first-order valence-electron chi connectivity index (χ1n) is 8.60. The lowest BCUT2D eigenvalue weighted by Gasteiger charge is -2.03. The van der Waals surface area contributed by atoms with Crippen LogP contribution in [0.25, 0.3) is 27.7 Å². The molecule has 0 amide bonds. The molecule has 3 heterocycles. The van der Waals surface area contributed by atoms with Gasteiger partial charge in [0.1, 0.15) is 15.3 Å². The quantitative estimate of drug-likeness (QED) is 0.751. The summed E-state index contributed by atoms with van der Waals surface area (Å²) >= 11 is 1.48. The number of fused-ring (bicyclic) bond motifs is 1. The molecule has 0 radical (unpaired) electrons. The number of rotatable bonds is 3. The van der Waals surface area contributed by atoms with Crippen LogP contribution in [0.2, 0.25) is 0 Å². The maximum absolute atomic E-state index is 6.47. The van der Waals surface area contributed by atoms with E-state index in [-0.39, 0.29) is 0 Å². The number of hydrogen-bond acceptors (Lipinski definition) is 7. The van der Waals surface area contributed by atoms with E-state index < -0.39 is 0 Å². The molecule has 0 fully saturated rings. The standard InChI is InChI=1S/C20H20N4O2S/c1-10-9-11(2)15-16(21)17(27-20(15)22-12(10)3)19-23-18(24-26-19)13-7-5-6-8-14(13)25-4/h5-8H,9,21H2,1-4H3. The lowest BCUT2D eigenvalue weighted by atomic mass is 10.1. The average Bonchev–Trinajstić information content (AvgIpc) is 3.23. The largest absolute Gasteiger partial charge is 0.496 e. The number of aromatic nitrogens is 2. The molecule has 0 bridgehead atoms. The summed E-state index contributed by atoms with van der Waals surface area (Å²) in [5.41, 5.74) is 11.4. The first-order chi connectivity index (χ1) is 13.0. The second-order valence-corrected chi connectivity index (χ2v) is 7.58. The molecule has 0 unspecified atom stereocenters. The zero-order chi connectivity index (χ0) is 19.1. The first kappa shape index (κ1) is 17.5. The number of anilines is 1. The summed E-state index contributed by atoms with van der Waals surface area (Å²) in [4.78, 5) is 10.1. The highest BCUT2D eigenvalue weighted by atomic mass is 32.1. The number of methoxy groups -OCH3 is 1. The third-order valence-corrected chi connectivity index (χ3v) is 5.83. The Kier molecular flexibility index (Phi) is 4.31. The number of para-hydroxylation sites is 1. The number of hydrogen-bond donors (Lipinski definition) is 1. The van der Waals surface area contributed by atoms with Gasteiger partial charge in [-0.05, 0) is 44.9 Å². The number of thiophene rings is 1. The highest BCUT2D eigenvalue weighted by molar-refractivity contribution is 7.13. The fourth-order valence-electron chi connectivity index (χ4n) is 3.20. The van der Waals surface area contributed by atoms with E-state index in [9.17, 15) is 0 Å². The van der Waals surface area contributed by atoms with Gasteiger partial charge >= 0.3 is 0 Å². The summed E-state index contributed by atoms with van der Waals surface area (Å²) < 4.78 is 11.8. The van der Waals surface area contributed by atoms with Gasteiger partial charge in [-0.15, -0.1) is 11.3 Å². The van der Waals surface area contributed by atoms with E-state index >= 15 is 0 Å². The van der Waals surface area contributed by atoms with Crippen molar-refractivity contribution in [1.82, 2.24) is 10.1 Å². The highest BCUT2D eigenvalue weighted by Gasteiger charge is 2.20. The Balaban J connectivity index is 1.86. The number of benzene rings is 1. The molecule has 1 aliphatic rings. The summed E-state index contributed by atoms with van der Waals surface area (Å²) in [6, 6.07) is 7.56. The zero-order valence-electron chi connectivity index (χ0n) is 15.7. The van der Waals surface area contributed by atoms with Gasteiger partial charge in [0.2, 0.25) is 5.82 Å². The third kappa shape index (κ3) is 2.94. The molecule has 0 aliphatic carbocycles. The van der Waals surface area contributed by atoms with Crippen molar-refractivity contribution in [3.63, 3.8) is 0 Å². The molecule has 1 aromatic carbocycles. The van der Waals surface area contributed by atoms with E-state index in [0.29, 0.717) is 23.2 Å². The molecule has 6 nitrogen and oxygen atoms in total. The minimum atomic E-state index is 0.396. The molecule has 3 aromatic rings. The molecular weight excluding hydrogens is 360 g/mol.